The van der Waals surface area contributed by atoms with Crippen LogP contribution in [0.4, 0.5) is 13.2 Å². The van der Waals surface area contributed by atoms with E-state index < -0.39 is 17.2 Å². The SMILES string of the molecule is CC1(C(=O)c2cccc(C(F)(F)F)c2)CCNC1. The average molecular weight is 257 g/mol. The molecule has 0 aromatic heterocycles. The zero-order chi connectivity index (χ0) is 13.4. The molecule has 1 fully saturated rings. The standard InChI is InChI=1S/C13H14F3NO/c1-12(5-6-17-8-12)11(18)9-3-2-4-10(7-9)13(14,15)16/h2-4,7,17H,5-6,8H2,1H3. The van der Waals surface area contributed by atoms with E-state index >= 15 is 0 Å². The molecule has 0 radical (unpaired) electrons. The van der Waals surface area contributed by atoms with Crippen molar-refractivity contribution in [1.29, 1.82) is 0 Å². The number of carbonyl (C=O) groups excluding carboxylic acids is 1. The van der Waals surface area contributed by atoms with Gasteiger partial charge < -0.3 is 5.32 Å². The Morgan fingerprint density at radius 1 is 1.39 bits per heavy atom. The first-order valence-electron chi connectivity index (χ1n) is 5.76. The molecule has 1 unspecified atom stereocenters. The molecule has 1 aromatic rings. The van der Waals surface area contributed by atoms with E-state index in [1.807, 2.05) is 0 Å². The Hall–Kier alpha value is -1.36. The molecule has 1 aromatic carbocycles. The van der Waals surface area contributed by atoms with E-state index in [9.17, 15) is 18.0 Å². The van der Waals surface area contributed by atoms with Gasteiger partial charge in [-0.05, 0) is 25.1 Å². The van der Waals surface area contributed by atoms with Crippen molar-refractivity contribution in [3.05, 3.63) is 35.4 Å². The van der Waals surface area contributed by atoms with Crippen LogP contribution < -0.4 is 5.32 Å². The Balaban J connectivity index is 2.31. The number of benzene rings is 1. The summed E-state index contributed by atoms with van der Waals surface area (Å²) in [5, 5.41) is 3.07. The highest BCUT2D eigenvalue weighted by molar-refractivity contribution is 6.00. The Morgan fingerprint density at radius 3 is 2.67 bits per heavy atom. The third-order valence-corrected chi connectivity index (χ3v) is 3.37. The van der Waals surface area contributed by atoms with Gasteiger partial charge in [0.05, 0.1) is 5.56 Å². The largest absolute Gasteiger partial charge is 0.416 e. The maximum Gasteiger partial charge on any atom is 0.416 e. The normalized spacial score (nSPS) is 24.2. The van der Waals surface area contributed by atoms with E-state index in [2.05, 4.69) is 5.32 Å². The van der Waals surface area contributed by atoms with Crippen molar-refractivity contribution >= 4 is 5.78 Å². The monoisotopic (exact) mass is 257 g/mol. The van der Waals surface area contributed by atoms with Crippen molar-refractivity contribution in [3.8, 4) is 0 Å². The molecule has 5 heteroatoms. The van der Waals surface area contributed by atoms with Crippen molar-refractivity contribution < 1.29 is 18.0 Å². The lowest BCUT2D eigenvalue weighted by Gasteiger charge is -2.21. The fourth-order valence-electron chi connectivity index (χ4n) is 2.20. The number of Topliss-reactive ketones (excluding diaryl/α,β-unsaturated/α-hetero) is 1. The Kier molecular flexibility index (Phi) is 3.19. The summed E-state index contributed by atoms with van der Waals surface area (Å²) in [7, 11) is 0. The summed E-state index contributed by atoms with van der Waals surface area (Å²) in [5.41, 5.74) is -1.23. The predicted molar refractivity (Wildman–Crippen MR) is 61.4 cm³/mol. The van der Waals surface area contributed by atoms with Crippen LogP contribution >= 0.6 is 0 Å². The first kappa shape index (κ1) is 13.1. The van der Waals surface area contributed by atoms with Gasteiger partial charge in [-0.25, -0.2) is 0 Å². The molecule has 0 aliphatic carbocycles. The molecule has 18 heavy (non-hydrogen) atoms. The quantitative estimate of drug-likeness (QED) is 0.825. The topological polar surface area (TPSA) is 29.1 Å². The van der Waals surface area contributed by atoms with Gasteiger partial charge in [0.15, 0.2) is 5.78 Å². The Morgan fingerprint density at radius 2 is 2.11 bits per heavy atom. The van der Waals surface area contributed by atoms with Gasteiger partial charge in [0, 0.05) is 17.5 Å². The number of alkyl halides is 3. The highest BCUT2D eigenvalue weighted by atomic mass is 19.4. The van der Waals surface area contributed by atoms with Crippen LogP contribution in [0.1, 0.15) is 29.3 Å². The van der Waals surface area contributed by atoms with Crippen molar-refractivity contribution in [3.63, 3.8) is 0 Å². The number of rotatable bonds is 2. The smallest absolute Gasteiger partial charge is 0.316 e. The van der Waals surface area contributed by atoms with E-state index in [-0.39, 0.29) is 11.3 Å². The highest BCUT2D eigenvalue weighted by Gasteiger charge is 2.38. The van der Waals surface area contributed by atoms with Crippen LogP contribution in [0.15, 0.2) is 24.3 Å². The number of carbonyl (C=O) groups is 1. The van der Waals surface area contributed by atoms with Gasteiger partial charge in [-0.3, -0.25) is 4.79 Å². The Labute approximate surface area is 103 Å². The predicted octanol–water partition coefficient (Wildman–Crippen LogP) is 2.89. The average Bonchev–Trinajstić information content (AvgIpc) is 2.75. The summed E-state index contributed by atoms with van der Waals surface area (Å²) >= 11 is 0. The summed E-state index contributed by atoms with van der Waals surface area (Å²) in [6.45, 7) is 3.03. The zero-order valence-corrected chi connectivity index (χ0v) is 9.97. The molecule has 0 amide bonds. The minimum Gasteiger partial charge on any atom is -0.316 e. The van der Waals surface area contributed by atoms with Gasteiger partial charge in [0.25, 0.3) is 0 Å². The first-order chi connectivity index (χ1) is 8.33. The van der Waals surface area contributed by atoms with Crippen molar-refractivity contribution in [2.75, 3.05) is 13.1 Å². The van der Waals surface area contributed by atoms with Crippen LogP contribution in [0.3, 0.4) is 0 Å². The molecule has 1 aliphatic heterocycles. The summed E-state index contributed by atoms with van der Waals surface area (Å²) in [4.78, 5) is 12.2. The Bertz CT molecular complexity index is 462. The minimum absolute atomic E-state index is 0.135. The fraction of sp³-hybridized carbons (Fsp3) is 0.462. The summed E-state index contributed by atoms with van der Waals surface area (Å²) in [6.07, 6.45) is -3.76. The van der Waals surface area contributed by atoms with Gasteiger partial charge in [-0.15, -0.1) is 0 Å². The highest BCUT2D eigenvalue weighted by Crippen LogP contribution is 2.33. The molecular weight excluding hydrogens is 243 g/mol. The lowest BCUT2D eigenvalue weighted by molar-refractivity contribution is -0.137. The molecule has 1 saturated heterocycles. The molecule has 0 saturated carbocycles. The van der Waals surface area contributed by atoms with Crippen LogP contribution in [-0.4, -0.2) is 18.9 Å². The molecule has 1 atom stereocenters. The number of hydrogen-bond donors (Lipinski definition) is 1. The molecule has 2 rings (SSSR count). The number of hydrogen-bond acceptors (Lipinski definition) is 2. The summed E-state index contributed by atoms with van der Waals surface area (Å²) < 4.78 is 37.7. The van der Waals surface area contributed by atoms with Crippen LogP contribution in [0.2, 0.25) is 0 Å². The van der Waals surface area contributed by atoms with Crippen molar-refractivity contribution in [2.45, 2.75) is 19.5 Å². The van der Waals surface area contributed by atoms with Gasteiger partial charge in [0.1, 0.15) is 0 Å². The van der Waals surface area contributed by atoms with Gasteiger partial charge in [-0.2, -0.15) is 13.2 Å². The molecular formula is C13H14F3NO. The van der Waals surface area contributed by atoms with Crippen molar-refractivity contribution in [2.24, 2.45) is 5.41 Å². The molecule has 1 aliphatic rings. The number of halogens is 3. The third-order valence-electron chi connectivity index (χ3n) is 3.37. The molecule has 98 valence electrons. The zero-order valence-electron chi connectivity index (χ0n) is 9.97. The molecule has 0 bridgehead atoms. The van der Waals surface area contributed by atoms with E-state index in [1.165, 1.54) is 12.1 Å². The minimum atomic E-state index is -4.41. The molecule has 2 nitrogen and oxygen atoms in total. The van der Waals surface area contributed by atoms with E-state index in [0.29, 0.717) is 13.0 Å². The van der Waals surface area contributed by atoms with Crippen LogP contribution in [0, 0.1) is 5.41 Å². The summed E-state index contributed by atoms with van der Waals surface area (Å²) in [6, 6.07) is 4.64. The van der Waals surface area contributed by atoms with Crippen LogP contribution in [-0.2, 0) is 6.18 Å². The van der Waals surface area contributed by atoms with E-state index in [0.717, 1.165) is 18.7 Å². The second-order valence-corrected chi connectivity index (χ2v) is 4.90. The maximum absolute atomic E-state index is 12.6. The number of nitrogens with one attached hydrogen (secondary N) is 1. The van der Waals surface area contributed by atoms with Gasteiger partial charge in [-0.1, -0.05) is 19.1 Å². The fourth-order valence-corrected chi connectivity index (χ4v) is 2.20. The van der Waals surface area contributed by atoms with Gasteiger partial charge >= 0.3 is 6.18 Å². The molecule has 0 spiro atoms. The second-order valence-electron chi connectivity index (χ2n) is 4.90. The van der Waals surface area contributed by atoms with Crippen LogP contribution in [0.25, 0.3) is 0 Å². The molecule has 1 heterocycles. The number of ketones is 1. The lowest BCUT2D eigenvalue weighted by atomic mass is 9.81. The lowest BCUT2D eigenvalue weighted by Crippen LogP contribution is -2.30. The van der Waals surface area contributed by atoms with E-state index in [1.54, 1.807) is 6.92 Å². The second kappa shape index (κ2) is 4.39. The summed E-state index contributed by atoms with van der Waals surface area (Å²) in [5.74, 6) is -0.224. The molecule has 1 N–H and O–H groups in total. The maximum atomic E-state index is 12.6. The van der Waals surface area contributed by atoms with E-state index in [4.69, 9.17) is 0 Å². The van der Waals surface area contributed by atoms with Crippen LogP contribution in [0.5, 0.6) is 0 Å². The third kappa shape index (κ3) is 2.41. The van der Waals surface area contributed by atoms with Crippen molar-refractivity contribution in [1.82, 2.24) is 5.32 Å². The first-order valence-corrected chi connectivity index (χ1v) is 5.76. The van der Waals surface area contributed by atoms with Gasteiger partial charge in [0.2, 0.25) is 0 Å².